The molecular formula is C27H39FN4O. The highest BCUT2D eigenvalue weighted by Crippen LogP contribution is 2.28. The molecule has 6 heteroatoms. The molecule has 1 aromatic carbocycles. The van der Waals surface area contributed by atoms with Crippen LogP contribution in [-0.2, 0) is 0 Å². The third-order valence-electron chi connectivity index (χ3n) is 7.55. The van der Waals surface area contributed by atoms with E-state index in [1.165, 1.54) is 32.1 Å². The maximum absolute atomic E-state index is 13.2. The number of halogens is 1. The number of nitrogens with one attached hydrogen (secondary N) is 1. The molecule has 0 atom stereocenters. The Kier molecular flexibility index (Phi) is 8.54. The molecule has 0 radical (unpaired) electrons. The zero-order chi connectivity index (χ0) is 23.0. The number of hydrogen-bond acceptors (Lipinski definition) is 4. The lowest BCUT2D eigenvalue weighted by Gasteiger charge is -2.34. The van der Waals surface area contributed by atoms with Crippen molar-refractivity contribution in [1.29, 1.82) is 0 Å². The zero-order valence-electron chi connectivity index (χ0n) is 20.1. The Morgan fingerprint density at radius 3 is 2.61 bits per heavy atom. The number of hydrogen-bond donors (Lipinski definition) is 1. The summed E-state index contributed by atoms with van der Waals surface area (Å²) in [6, 6.07) is 9.97. The number of nitrogens with zero attached hydrogens (tertiary/aromatic N) is 3. The molecule has 2 aromatic rings. The van der Waals surface area contributed by atoms with Gasteiger partial charge >= 0.3 is 0 Å². The fourth-order valence-electron chi connectivity index (χ4n) is 5.34. The summed E-state index contributed by atoms with van der Waals surface area (Å²) in [5.41, 5.74) is 1.62. The summed E-state index contributed by atoms with van der Waals surface area (Å²) in [6.45, 7) is 3.86. The summed E-state index contributed by atoms with van der Waals surface area (Å²) in [6.07, 6.45) is 9.68. The molecule has 1 amide bonds. The molecule has 1 saturated carbocycles. The smallest absolute Gasteiger partial charge is 0.252 e. The third kappa shape index (κ3) is 6.44. The first kappa shape index (κ1) is 23.9. The Hall–Kier alpha value is -2.21. The van der Waals surface area contributed by atoms with E-state index < -0.39 is 0 Å². The monoisotopic (exact) mass is 454 g/mol. The minimum absolute atomic E-state index is 0.0196. The summed E-state index contributed by atoms with van der Waals surface area (Å²) >= 11 is 0. The van der Waals surface area contributed by atoms with Crippen molar-refractivity contribution < 1.29 is 9.18 Å². The van der Waals surface area contributed by atoms with Crippen LogP contribution in [-0.4, -0.2) is 62.2 Å². The summed E-state index contributed by atoms with van der Waals surface area (Å²) in [5.74, 6) is 2.20. The number of benzene rings is 1. The van der Waals surface area contributed by atoms with E-state index in [9.17, 15) is 9.18 Å². The van der Waals surface area contributed by atoms with Crippen molar-refractivity contribution in [3.05, 3.63) is 35.9 Å². The van der Waals surface area contributed by atoms with Gasteiger partial charge in [-0.1, -0.05) is 37.5 Å². The van der Waals surface area contributed by atoms with Gasteiger partial charge in [0.2, 0.25) is 0 Å². The predicted octanol–water partition coefficient (Wildman–Crippen LogP) is 5.05. The molecule has 5 nitrogen and oxygen atoms in total. The fraction of sp³-hybridized carbons (Fsp3) is 0.630. The second-order valence-electron chi connectivity index (χ2n) is 9.97. The van der Waals surface area contributed by atoms with Gasteiger partial charge in [-0.05, 0) is 69.7 Å². The lowest BCUT2D eigenvalue weighted by molar-refractivity contribution is 0.0945. The average molecular weight is 455 g/mol. The lowest BCUT2D eigenvalue weighted by Crippen LogP contribution is -2.36. The van der Waals surface area contributed by atoms with Crippen LogP contribution in [0.3, 0.4) is 0 Å². The van der Waals surface area contributed by atoms with Crippen LogP contribution in [0.15, 0.2) is 30.3 Å². The Bertz CT molecular complexity index is 906. The van der Waals surface area contributed by atoms with Gasteiger partial charge in [0, 0.05) is 31.6 Å². The van der Waals surface area contributed by atoms with Crippen molar-refractivity contribution >= 4 is 22.6 Å². The van der Waals surface area contributed by atoms with Gasteiger partial charge in [-0.2, -0.15) is 0 Å². The molecule has 0 unspecified atom stereocenters. The minimum Gasteiger partial charge on any atom is -0.357 e. The van der Waals surface area contributed by atoms with Crippen molar-refractivity contribution in [2.75, 3.05) is 51.3 Å². The van der Waals surface area contributed by atoms with E-state index in [0.29, 0.717) is 18.4 Å². The van der Waals surface area contributed by atoms with Crippen LogP contribution >= 0.6 is 0 Å². The number of anilines is 1. The molecule has 33 heavy (non-hydrogen) atoms. The van der Waals surface area contributed by atoms with Crippen molar-refractivity contribution in [3.8, 4) is 0 Å². The quantitative estimate of drug-likeness (QED) is 0.576. The maximum atomic E-state index is 13.2. The number of rotatable bonds is 9. The normalized spacial score (nSPS) is 18.2. The number of piperidine rings is 1. The van der Waals surface area contributed by atoms with Gasteiger partial charge in [0.05, 0.1) is 11.1 Å². The summed E-state index contributed by atoms with van der Waals surface area (Å²) in [4.78, 5) is 22.5. The van der Waals surface area contributed by atoms with E-state index in [4.69, 9.17) is 4.98 Å². The highest BCUT2D eigenvalue weighted by molar-refractivity contribution is 6.07. The fourth-order valence-corrected chi connectivity index (χ4v) is 5.34. The SMILES string of the molecule is CN(CCF)CCC1CCN(c2cc(C(=O)NCC3CCCCC3)c3ccccc3n2)CC1. The molecule has 1 saturated heterocycles. The molecule has 2 heterocycles. The van der Waals surface area contributed by atoms with Crippen LogP contribution in [0.4, 0.5) is 10.2 Å². The van der Waals surface area contributed by atoms with Crippen LogP contribution in [0.1, 0.15) is 61.7 Å². The predicted molar refractivity (Wildman–Crippen MR) is 134 cm³/mol. The molecule has 0 spiro atoms. The molecular weight excluding hydrogens is 415 g/mol. The molecule has 1 aliphatic carbocycles. The number of aromatic nitrogens is 1. The summed E-state index contributed by atoms with van der Waals surface area (Å²) < 4.78 is 12.5. The molecule has 1 aliphatic heterocycles. The largest absolute Gasteiger partial charge is 0.357 e. The number of amides is 1. The van der Waals surface area contributed by atoms with Gasteiger partial charge in [0.15, 0.2) is 0 Å². The van der Waals surface area contributed by atoms with E-state index in [1.54, 1.807) is 0 Å². The van der Waals surface area contributed by atoms with Crippen LogP contribution < -0.4 is 10.2 Å². The maximum Gasteiger partial charge on any atom is 0.252 e. The minimum atomic E-state index is -0.279. The van der Waals surface area contributed by atoms with Crippen molar-refractivity contribution in [2.45, 2.75) is 51.4 Å². The van der Waals surface area contributed by atoms with Crippen LogP contribution in [0.25, 0.3) is 10.9 Å². The number of carbonyl (C=O) groups is 1. The van der Waals surface area contributed by atoms with Gasteiger partial charge in [-0.15, -0.1) is 0 Å². The van der Waals surface area contributed by atoms with Crippen LogP contribution in [0, 0.1) is 11.8 Å². The Balaban J connectivity index is 1.41. The molecule has 1 aromatic heterocycles. The lowest BCUT2D eigenvalue weighted by atomic mass is 9.89. The average Bonchev–Trinajstić information content (AvgIpc) is 2.86. The van der Waals surface area contributed by atoms with Crippen molar-refractivity contribution in [1.82, 2.24) is 15.2 Å². The van der Waals surface area contributed by atoms with Crippen molar-refractivity contribution in [2.24, 2.45) is 11.8 Å². The van der Waals surface area contributed by atoms with E-state index in [-0.39, 0.29) is 12.6 Å². The first-order chi connectivity index (χ1) is 16.1. The molecule has 2 fully saturated rings. The first-order valence-electron chi connectivity index (χ1n) is 12.8. The second-order valence-corrected chi connectivity index (χ2v) is 9.97. The highest BCUT2D eigenvalue weighted by Gasteiger charge is 2.23. The van der Waals surface area contributed by atoms with Gasteiger partial charge in [0.25, 0.3) is 5.91 Å². The van der Waals surface area contributed by atoms with Gasteiger partial charge in [0.1, 0.15) is 12.5 Å². The summed E-state index contributed by atoms with van der Waals surface area (Å²) in [5, 5.41) is 4.14. The van der Waals surface area contributed by atoms with E-state index in [2.05, 4.69) is 15.1 Å². The van der Waals surface area contributed by atoms with E-state index >= 15 is 0 Å². The molecule has 180 valence electrons. The highest BCUT2D eigenvalue weighted by atomic mass is 19.1. The topological polar surface area (TPSA) is 48.5 Å². The number of alkyl halides is 1. The molecule has 2 aliphatic rings. The Morgan fingerprint density at radius 1 is 1.09 bits per heavy atom. The number of pyridine rings is 1. The standard InChI is InChI=1S/C27H39FN4O/c1-31(18-14-28)15-11-21-12-16-32(17-13-21)26-19-24(23-9-5-6-10-25(23)30-26)27(33)29-20-22-7-3-2-4-8-22/h5-6,9-10,19,21-22H,2-4,7-8,11-18,20H2,1H3,(H,29,33). The van der Waals surface area contributed by atoms with E-state index in [1.807, 2.05) is 37.4 Å². The third-order valence-corrected chi connectivity index (χ3v) is 7.55. The second kappa shape index (κ2) is 11.8. The van der Waals surface area contributed by atoms with E-state index in [0.717, 1.165) is 67.7 Å². The van der Waals surface area contributed by atoms with Gasteiger partial charge < -0.3 is 15.1 Å². The Labute approximate surface area is 197 Å². The zero-order valence-corrected chi connectivity index (χ0v) is 20.1. The number of para-hydroxylation sites is 1. The van der Waals surface area contributed by atoms with Crippen LogP contribution in [0.5, 0.6) is 0 Å². The summed E-state index contributed by atoms with van der Waals surface area (Å²) in [7, 11) is 1.99. The number of carbonyl (C=O) groups excluding carboxylic acids is 1. The molecule has 1 N–H and O–H groups in total. The van der Waals surface area contributed by atoms with Gasteiger partial charge in [-0.3, -0.25) is 4.79 Å². The Morgan fingerprint density at radius 2 is 1.85 bits per heavy atom. The number of fused-ring (bicyclic) bond motifs is 1. The first-order valence-corrected chi connectivity index (χ1v) is 12.8. The molecule has 4 rings (SSSR count). The van der Waals surface area contributed by atoms with Gasteiger partial charge in [-0.25, -0.2) is 9.37 Å². The van der Waals surface area contributed by atoms with Crippen LogP contribution in [0.2, 0.25) is 0 Å². The molecule has 0 bridgehead atoms. The van der Waals surface area contributed by atoms with Crippen molar-refractivity contribution in [3.63, 3.8) is 0 Å².